The zero-order valence-electron chi connectivity index (χ0n) is 15.7. The van der Waals surface area contributed by atoms with Gasteiger partial charge >= 0.3 is 0 Å². The molecule has 4 rings (SSSR count). The van der Waals surface area contributed by atoms with E-state index in [-0.39, 0.29) is 12.1 Å². The van der Waals surface area contributed by atoms with Gasteiger partial charge in [0.25, 0.3) is 0 Å². The van der Waals surface area contributed by atoms with Gasteiger partial charge in [-0.25, -0.2) is 0 Å². The molecule has 0 saturated carbocycles. The second kappa shape index (κ2) is 7.89. The van der Waals surface area contributed by atoms with Gasteiger partial charge in [-0.15, -0.1) is 0 Å². The van der Waals surface area contributed by atoms with Gasteiger partial charge in [-0.1, -0.05) is 84.9 Å². The molecule has 0 spiro atoms. The molecular weight excluding hydrogens is 330 g/mol. The van der Waals surface area contributed by atoms with Crippen molar-refractivity contribution in [3.63, 3.8) is 0 Å². The van der Waals surface area contributed by atoms with Crippen molar-refractivity contribution in [2.24, 2.45) is 0 Å². The number of likely N-dealkylation sites (tertiary alicyclic amines) is 1. The smallest absolute Gasteiger partial charge is 0.136 e. The fourth-order valence-electron chi connectivity index (χ4n) is 4.21. The minimum atomic E-state index is 0.109. The summed E-state index contributed by atoms with van der Waals surface area (Å²) < 4.78 is 0. The Morgan fingerprint density at radius 3 is 2.07 bits per heavy atom. The average Bonchev–Trinajstić information content (AvgIpc) is 2.71. The summed E-state index contributed by atoms with van der Waals surface area (Å²) in [5, 5.41) is 0. The third-order valence-electron chi connectivity index (χ3n) is 5.58. The first-order chi connectivity index (χ1) is 13.2. The van der Waals surface area contributed by atoms with Gasteiger partial charge in [-0.05, 0) is 29.2 Å². The normalized spacial score (nSPS) is 20.6. The lowest BCUT2D eigenvalue weighted by atomic mass is 9.85. The van der Waals surface area contributed by atoms with E-state index in [1.54, 1.807) is 0 Å². The molecule has 0 aliphatic carbocycles. The first kappa shape index (κ1) is 17.7. The summed E-state index contributed by atoms with van der Waals surface area (Å²) in [5.41, 5.74) is 5.02. The Morgan fingerprint density at radius 1 is 0.778 bits per heavy atom. The van der Waals surface area contributed by atoms with Crippen molar-refractivity contribution in [3.05, 3.63) is 107 Å². The van der Waals surface area contributed by atoms with Crippen molar-refractivity contribution < 1.29 is 4.79 Å². The number of carbonyl (C=O) groups is 1. The number of rotatable bonds is 4. The van der Waals surface area contributed by atoms with Crippen LogP contribution in [0.4, 0.5) is 0 Å². The Hall–Kier alpha value is -2.71. The van der Waals surface area contributed by atoms with Crippen LogP contribution in [0.2, 0.25) is 0 Å². The second-order valence-electron chi connectivity index (χ2n) is 7.40. The van der Waals surface area contributed by atoms with Crippen molar-refractivity contribution in [1.29, 1.82) is 0 Å². The highest BCUT2D eigenvalue weighted by molar-refractivity contribution is 5.81. The molecular formula is C25H25NO. The molecule has 0 bridgehead atoms. The molecule has 1 heterocycles. The van der Waals surface area contributed by atoms with Gasteiger partial charge in [0.15, 0.2) is 0 Å². The predicted octanol–water partition coefficient (Wildman–Crippen LogP) is 5.64. The maximum absolute atomic E-state index is 12.7. The van der Waals surface area contributed by atoms with Crippen molar-refractivity contribution >= 4 is 5.78 Å². The summed E-state index contributed by atoms with van der Waals surface area (Å²) in [4.78, 5) is 15.2. The van der Waals surface area contributed by atoms with Crippen LogP contribution in [0.15, 0.2) is 84.9 Å². The van der Waals surface area contributed by atoms with Crippen LogP contribution in [0, 0.1) is 6.92 Å². The van der Waals surface area contributed by atoms with Gasteiger partial charge in [-0.2, -0.15) is 0 Å². The van der Waals surface area contributed by atoms with Crippen molar-refractivity contribution in [1.82, 2.24) is 4.90 Å². The summed E-state index contributed by atoms with van der Waals surface area (Å²) >= 11 is 0. The van der Waals surface area contributed by atoms with Crippen LogP contribution in [-0.2, 0) is 11.3 Å². The number of ketones is 1. The number of Topliss-reactive ketones (excluding diaryl/α,β-unsaturated/α-hetero) is 1. The van der Waals surface area contributed by atoms with Gasteiger partial charge in [0.1, 0.15) is 5.78 Å². The first-order valence-electron chi connectivity index (χ1n) is 9.64. The highest BCUT2D eigenvalue weighted by atomic mass is 16.1. The lowest BCUT2D eigenvalue weighted by molar-refractivity contribution is -0.126. The molecule has 0 radical (unpaired) electrons. The van der Waals surface area contributed by atoms with Crippen molar-refractivity contribution in [2.75, 3.05) is 0 Å². The molecule has 0 amide bonds. The average molecular weight is 355 g/mol. The van der Waals surface area contributed by atoms with Gasteiger partial charge in [0, 0.05) is 31.5 Å². The third-order valence-corrected chi connectivity index (χ3v) is 5.58. The number of piperidine rings is 1. The van der Waals surface area contributed by atoms with E-state index in [1.807, 2.05) is 6.07 Å². The van der Waals surface area contributed by atoms with E-state index in [0.717, 1.165) is 6.54 Å². The highest BCUT2D eigenvalue weighted by Gasteiger charge is 2.36. The van der Waals surface area contributed by atoms with Crippen LogP contribution in [0.1, 0.15) is 47.2 Å². The lowest BCUT2D eigenvalue weighted by Crippen LogP contribution is -2.39. The van der Waals surface area contributed by atoms with Gasteiger partial charge < -0.3 is 0 Å². The summed E-state index contributed by atoms with van der Waals surface area (Å²) in [6.45, 7) is 2.99. The number of nitrogens with zero attached hydrogens (tertiary/aromatic N) is 1. The Kier molecular flexibility index (Phi) is 5.17. The lowest BCUT2D eigenvalue weighted by Gasteiger charge is -2.42. The molecule has 2 atom stereocenters. The SMILES string of the molecule is Cc1ccccc1[C@H]1CC(=O)C[C@H](c2ccccc2)N1Cc1ccccc1. The molecule has 1 aliphatic heterocycles. The van der Waals surface area contributed by atoms with Gasteiger partial charge in [0.05, 0.1) is 0 Å². The molecule has 3 aromatic rings. The van der Waals surface area contributed by atoms with E-state index in [0.29, 0.717) is 18.6 Å². The van der Waals surface area contributed by atoms with Crippen LogP contribution in [0.25, 0.3) is 0 Å². The number of benzene rings is 3. The number of carbonyl (C=O) groups excluding carboxylic acids is 1. The van der Waals surface area contributed by atoms with E-state index in [2.05, 4.69) is 90.7 Å². The fourth-order valence-corrected chi connectivity index (χ4v) is 4.21. The molecule has 1 fully saturated rings. The third kappa shape index (κ3) is 3.86. The highest BCUT2D eigenvalue weighted by Crippen LogP contribution is 2.42. The van der Waals surface area contributed by atoms with E-state index in [4.69, 9.17) is 0 Å². The molecule has 0 unspecified atom stereocenters. The minimum absolute atomic E-state index is 0.109. The van der Waals surface area contributed by atoms with Crippen LogP contribution in [0.3, 0.4) is 0 Å². The molecule has 1 aliphatic rings. The molecule has 0 aromatic heterocycles. The van der Waals surface area contributed by atoms with Crippen molar-refractivity contribution in [2.45, 2.75) is 38.4 Å². The number of aryl methyl sites for hydroxylation is 1. The Morgan fingerprint density at radius 2 is 1.37 bits per heavy atom. The zero-order valence-corrected chi connectivity index (χ0v) is 15.7. The molecule has 1 saturated heterocycles. The van der Waals surface area contributed by atoms with Gasteiger partial charge in [0.2, 0.25) is 0 Å². The maximum Gasteiger partial charge on any atom is 0.136 e. The van der Waals surface area contributed by atoms with Gasteiger partial charge in [-0.3, -0.25) is 9.69 Å². The number of hydrogen-bond acceptors (Lipinski definition) is 2. The van der Waals surface area contributed by atoms with E-state index >= 15 is 0 Å². The monoisotopic (exact) mass is 355 g/mol. The molecule has 27 heavy (non-hydrogen) atoms. The van der Waals surface area contributed by atoms with E-state index in [9.17, 15) is 4.79 Å². The summed E-state index contributed by atoms with van der Waals surface area (Å²) in [6, 6.07) is 29.7. The predicted molar refractivity (Wildman–Crippen MR) is 109 cm³/mol. The van der Waals surface area contributed by atoms with E-state index < -0.39 is 0 Å². The van der Waals surface area contributed by atoms with Crippen LogP contribution in [0.5, 0.6) is 0 Å². The minimum Gasteiger partial charge on any atom is -0.300 e. The molecule has 3 aromatic carbocycles. The summed E-state index contributed by atoms with van der Waals surface area (Å²) in [6.07, 6.45) is 1.17. The topological polar surface area (TPSA) is 20.3 Å². The molecule has 2 nitrogen and oxygen atoms in total. The Labute approximate surface area is 161 Å². The first-order valence-corrected chi connectivity index (χ1v) is 9.64. The molecule has 0 N–H and O–H groups in total. The summed E-state index contributed by atoms with van der Waals surface area (Å²) in [5.74, 6) is 0.349. The van der Waals surface area contributed by atoms with E-state index in [1.165, 1.54) is 22.3 Å². The fraction of sp³-hybridized carbons (Fsp3) is 0.240. The van der Waals surface area contributed by atoms with Crippen LogP contribution >= 0.6 is 0 Å². The van der Waals surface area contributed by atoms with Crippen molar-refractivity contribution in [3.8, 4) is 0 Å². The molecule has 136 valence electrons. The zero-order chi connectivity index (χ0) is 18.6. The Bertz CT molecular complexity index is 904. The maximum atomic E-state index is 12.7. The van der Waals surface area contributed by atoms with Crippen LogP contribution in [-0.4, -0.2) is 10.7 Å². The summed E-state index contributed by atoms with van der Waals surface area (Å²) in [7, 11) is 0. The van der Waals surface area contributed by atoms with Crippen LogP contribution < -0.4 is 0 Å². The Balaban J connectivity index is 1.77. The quantitative estimate of drug-likeness (QED) is 0.603. The standard InChI is InChI=1S/C25H25NO/c1-19-10-8-9-15-23(19)25-17-22(27)16-24(21-13-6-3-7-14-21)26(25)18-20-11-4-2-5-12-20/h2-15,24-25H,16-18H2,1H3/t24-,25-/m1/s1. The molecule has 2 heteroatoms. The number of hydrogen-bond donors (Lipinski definition) is 0. The largest absolute Gasteiger partial charge is 0.300 e. The second-order valence-corrected chi connectivity index (χ2v) is 7.40.